The van der Waals surface area contributed by atoms with E-state index in [0.717, 1.165) is 33.9 Å². The van der Waals surface area contributed by atoms with Crippen molar-refractivity contribution in [2.75, 3.05) is 5.32 Å². The molecule has 0 fully saturated rings. The number of hydrogen-bond acceptors (Lipinski definition) is 3. The van der Waals surface area contributed by atoms with Crippen LogP contribution in [0.5, 0.6) is 0 Å². The van der Waals surface area contributed by atoms with Crippen molar-refractivity contribution >= 4 is 11.6 Å². The van der Waals surface area contributed by atoms with Crippen LogP contribution in [0.2, 0.25) is 0 Å². The average Bonchev–Trinajstić information content (AvgIpc) is 2.96. The molecule has 1 heterocycles. The molecule has 138 valence electrons. The predicted molar refractivity (Wildman–Crippen MR) is 108 cm³/mol. The number of rotatable bonds is 8. The minimum atomic E-state index is -0.358. The molecule has 0 spiro atoms. The van der Waals surface area contributed by atoms with E-state index in [1.165, 1.54) is 0 Å². The van der Waals surface area contributed by atoms with Crippen molar-refractivity contribution in [3.8, 4) is 0 Å². The highest BCUT2D eigenvalue weighted by molar-refractivity contribution is 5.76. The third kappa shape index (κ3) is 5.07. The number of carbonyl (C=O) groups is 1. The van der Waals surface area contributed by atoms with Gasteiger partial charge in [0.25, 0.3) is 0 Å². The van der Waals surface area contributed by atoms with Crippen LogP contribution in [-0.2, 0) is 24.2 Å². The first kappa shape index (κ1) is 18.5. The summed E-state index contributed by atoms with van der Waals surface area (Å²) < 4.78 is 2.00. The van der Waals surface area contributed by atoms with Crippen molar-refractivity contribution in [3.63, 3.8) is 0 Å². The molecule has 0 aliphatic carbocycles. The van der Waals surface area contributed by atoms with E-state index in [4.69, 9.17) is 5.73 Å². The topological polar surface area (TPSA) is 72.9 Å². The second-order valence-corrected chi connectivity index (χ2v) is 6.68. The minimum Gasteiger partial charge on any atom is -0.369 e. The summed E-state index contributed by atoms with van der Waals surface area (Å²) in [6, 6.07) is 18.2. The van der Waals surface area contributed by atoms with Gasteiger partial charge in [0, 0.05) is 24.4 Å². The number of benzene rings is 2. The molecule has 27 heavy (non-hydrogen) atoms. The summed E-state index contributed by atoms with van der Waals surface area (Å²) in [5, 5.41) is 3.22. The van der Waals surface area contributed by atoms with Crippen molar-refractivity contribution in [2.24, 2.45) is 5.73 Å². The first-order chi connectivity index (χ1) is 13.0. The molecule has 1 amide bonds. The summed E-state index contributed by atoms with van der Waals surface area (Å²) in [5.41, 5.74) is 11.4. The van der Waals surface area contributed by atoms with Crippen LogP contribution in [0.3, 0.4) is 0 Å². The normalized spacial score (nSPS) is 10.6. The molecule has 0 aliphatic rings. The fraction of sp³-hybridized carbons (Fsp3) is 0.182. The van der Waals surface area contributed by atoms with E-state index in [2.05, 4.69) is 41.1 Å². The lowest BCUT2D eigenvalue weighted by Crippen LogP contribution is -2.18. The fourth-order valence-electron chi connectivity index (χ4n) is 3.08. The quantitative estimate of drug-likeness (QED) is 0.646. The number of nitrogens with one attached hydrogen (secondary N) is 1. The average molecular weight is 360 g/mol. The van der Waals surface area contributed by atoms with Crippen molar-refractivity contribution in [2.45, 2.75) is 26.3 Å². The lowest BCUT2D eigenvalue weighted by molar-refractivity contribution is -0.117. The lowest BCUT2D eigenvalue weighted by Gasteiger charge is -2.11. The molecule has 1 aromatic heterocycles. The SMILES string of the molecule is C=C(C)Nc1cccc(Cn2cnc(Cc3ccccc3)c2CC(N)=O)c1. The molecule has 2 aromatic carbocycles. The Kier molecular flexibility index (Phi) is 5.71. The highest BCUT2D eigenvalue weighted by atomic mass is 16.1. The van der Waals surface area contributed by atoms with E-state index in [9.17, 15) is 4.79 Å². The van der Waals surface area contributed by atoms with E-state index >= 15 is 0 Å². The standard InChI is InChI=1S/C22H24N4O/c1-16(2)25-19-10-6-9-18(11-19)14-26-15-24-20(21(26)13-22(23)27)12-17-7-4-3-5-8-17/h3-11,15,25H,1,12-14H2,2H3,(H2,23,27). The summed E-state index contributed by atoms with van der Waals surface area (Å²) in [4.78, 5) is 16.2. The zero-order chi connectivity index (χ0) is 19.2. The molecule has 3 aromatic rings. The van der Waals surface area contributed by atoms with Gasteiger partial charge in [0.2, 0.25) is 5.91 Å². The number of allylic oxidation sites excluding steroid dienone is 1. The molecule has 0 atom stereocenters. The maximum Gasteiger partial charge on any atom is 0.223 e. The first-order valence-electron chi connectivity index (χ1n) is 8.88. The number of anilines is 1. The second kappa shape index (κ2) is 8.36. The Balaban J connectivity index is 1.86. The predicted octanol–water partition coefficient (Wildman–Crippen LogP) is 3.50. The van der Waals surface area contributed by atoms with Crippen molar-refractivity contribution in [1.82, 2.24) is 9.55 Å². The molecule has 0 radical (unpaired) electrons. The molecule has 5 heteroatoms. The summed E-state index contributed by atoms with van der Waals surface area (Å²) in [6.45, 7) is 6.42. The van der Waals surface area contributed by atoms with Gasteiger partial charge >= 0.3 is 0 Å². The Morgan fingerprint density at radius 1 is 1.15 bits per heavy atom. The lowest BCUT2D eigenvalue weighted by atomic mass is 10.1. The summed E-state index contributed by atoms with van der Waals surface area (Å²) in [6.07, 6.45) is 2.63. The number of nitrogens with two attached hydrogens (primary N) is 1. The summed E-state index contributed by atoms with van der Waals surface area (Å²) in [5.74, 6) is -0.358. The Labute approximate surface area is 159 Å². The van der Waals surface area contributed by atoms with Gasteiger partial charge in [0.15, 0.2) is 0 Å². The van der Waals surface area contributed by atoms with Crippen LogP contribution >= 0.6 is 0 Å². The van der Waals surface area contributed by atoms with E-state index < -0.39 is 0 Å². The number of aromatic nitrogens is 2. The van der Waals surface area contributed by atoms with Gasteiger partial charge in [-0.2, -0.15) is 0 Å². The van der Waals surface area contributed by atoms with Crippen LogP contribution < -0.4 is 11.1 Å². The Hall–Kier alpha value is -3.34. The maximum absolute atomic E-state index is 11.6. The van der Waals surface area contributed by atoms with Gasteiger partial charge < -0.3 is 15.6 Å². The minimum absolute atomic E-state index is 0.172. The Morgan fingerprint density at radius 3 is 2.59 bits per heavy atom. The van der Waals surface area contributed by atoms with Gasteiger partial charge in [-0.25, -0.2) is 4.98 Å². The van der Waals surface area contributed by atoms with Crippen LogP contribution in [0.4, 0.5) is 5.69 Å². The van der Waals surface area contributed by atoms with Crippen LogP contribution in [0.15, 0.2) is 73.2 Å². The van der Waals surface area contributed by atoms with Crippen molar-refractivity contribution < 1.29 is 4.79 Å². The summed E-state index contributed by atoms with van der Waals surface area (Å²) >= 11 is 0. The molecular formula is C22H24N4O. The molecule has 5 nitrogen and oxygen atoms in total. The second-order valence-electron chi connectivity index (χ2n) is 6.68. The number of imidazole rings is 1. The van der Waals surface area contributed by atoms with Gasteiger partial charge in [-0.05, 0) is 30.2 Å². The highest BCUT2D eigenvalue weighted by Crippen LogP contribution is 2.18. The Morgan fingerprint density at radius 2 is 1.89 bits per heavy atom. The molecule has 0 saturated heterocycles. The van der Waals surface area contributed by atoms with E-state index in [0.29, 0.717) is 13.0 Å². The summed E-state index contributed by atoms with van der Waals surface area (Å²) in [7, 11) is 0. The number of primary amides is 1. The van der Waals surface area contributed by atoms with Crippen molar-refractivity contribution in [1.29, 1.82) is 0 Å². The molecule has 0 saturated carbocycles. The van der Waals surface area contributed by atoms with E-state index in [1.807, 2.05) is 41.8 Å². The first-order valence-corrected chi connectivity index (χ1v) is 8.88. The number of nitrogens with zero attached hydrogens (tertiary/aromatic N) is 2. The largest absolute Gasteiger partial charge is 0.369 e. The molecule has 3 rings (SSSR count). The third-order valence-corrected chi connectivity index (χ3v) is 4.23. The smallest absolute Gasteiger partial charge is 0.223 e. The molecule has 0 bridgehead atoms. The molecule has 0 unspecified atom stereocenters. The van der Waals surface area contributed by atoms with E-state index in [-0.39, 0.29) is 12.3 Å². The van der Waals surface area contributed by atoms with Crippen molar-refractivity contribution in [3.05, 3.63) is 95.7 Å². The molecule has 0 aliphatic heterocycles. The van der Waals surface area contributed by atoms with Gasteiger partial charge in [-0.3, -0.25) is 4.79 Å². The van der Waals surface area contributed by atoms with Gasteiger partial charge in [0.1, 0.15) is 0 Å². The zero-order valence-electron chi connectivity index (χ0n) is 15.5. The highest BCUT2D eigenvalue weighted by Gasteiger charge is 2.14. The zero-order valence-corrected chi connectivity index (χ0v) is 15.5. The number of carbonyl (C=O) groups excluding carboxylic acids is 1. The van der Waals surface area contributed by atoms with Crippen LogP contribution in [0.25, 0.3) is 0 Å². The van der Waals surface area contributed by atoms with Gasteiger partial charge in [0.05, 0.1) is 24.1 Å². The van der Waals surface area contributed by atoms with Crippen LogP contribution in [0.1, 0.15) is 29.4 Å². The number of hydrogen-bond donors (Lipinski definition) is 2. The molecular weight excluding hydrogens is 336 g/mol. The number of amides is 1. The van der Waals surface area contributed by atoms with E-state index in [1.54, 1.807) is 6.33 Å². The van der Waals surface area contributed by atoms with Gasteiger partial charge in [-0.1, -0.05) is 49.0 Å². The third-order valence-electron chi connectivity index (χ3n) is 4.23. The van der Waals surface area contributed by atoms with Crippen LogP contribution in [0, 0.1) is 0 Å². The monoisotopic (exact) mass is 360 g/mol. The maximum atomic E-state index is 11.6. The Bertz CT molecular complexity index is 944. The molecule has 3 N–H and O–H groups in total. The van der Waals surface area contributed by atoms with Crippen LogP contribution in [-0.4, -0.2) is 15.5 Å². The van der Waals surface area contributed by atoms with Gasteiger partial charge in [-0.15, -0.1) is 0 Å². The fourth-order valence-corrected chi connectivity index (χ4v) is 3.08.